The number of carboxylic acid groups (broad SMARTS) is 1. The quantitative estimate of drug-likeness (QED) is 0.883. The van der Waals surface area contributed by atoms with Gasteiger partial charge in [-0.2, -0.15) is 4.98 Å². The average molecular weight is 283 g/mol. The SMILES string of the molecule is CC(C)(C)c1nc(CN2CCOC(CC(=O)O)C2)no1. The number of hydrogen-bond acceptors (Lipinski definition) is 6. The predicted octanol–water partition coefficient (Wildman–Crippen LogP) is 1.04. The third-order valence-corrected chi connectivity index (χ3v) is 3.10. The Balaban J connectivity index is 1.92. The van der Waals surface area contributed by atoms with Gasteiger partial charge in [-0.15, -0.1) is 0 Å². The maximum atomic E-state index is 10.7. The van der Waals surface area contributed by atoms with E-state index in [1.165, 1.54) is 0 Å². The highest BCUT2D eigenvalue weighted by atomic mass is 16.5. The topological polar surface area (TPSA) is 88.7 Å². The van der Waals surface area contributed by atoms with Crippen molar-refractivity contribution in [2.24, 2.45) is 0 Å². The molecule has 1 aliphatic rings. The number of aromatic nitrogens is 2. The molecule has 1 unspecified atom stereocenters. The first kappa shape index (κ1) is 14.9. The van der Waals surface area contributed by atoms with Crippen LogP contribution in [-0.4, -0.2) is 51.9 Å². The number of hydrogen-bond donors (Lipinski definition) is 1. The van der Waals surface area contributed by atoms with Crippen LogP contribution < -0.4 is 0 Å². The molecule has 7 nitrogen and oxygen atoms in total. The van der Waals surface area contributed by atoms with E-state index in [4.69, 9.17) is 14.4 Å². The summed E-state index contributed by atoms with van der Waals surface area (Å²) in [5.41, 5.74) is -0.165. The summed E-state index contributed by atoms with van der Waals surface area (Å²) in [5.74, 6) is 0.403. The average Bonchev–Trinajstić information content (AvgIpc) is 2.76. The second-order valence-electron chi connectivity index (χ2n) is 6.09. The van der Waals surface area contributed by atoms with Crippen LogP contribution in [0.5, 0.6) is 0 Å². The number of carboxylic acids is 1. The van der Waals surface area contributed by atoms with Crippen molar-refractivity contribution in [3.05, 3.63) is 11.7 Å². The Morgan fingerprint density at radius 3 is 2.85 bits per heavy atom. The molecule has 0 bridgehead atoms. The Kier molecular flexibility index (Phi) is 4.39. The molecule has 0 radical (unpaired) electrons. The van der Waals surface area contributed by atoms with Crippen molar-refractivity contribution < 1.29 is 19.2 Å². The first-order valence-corrected chi connectivity index (χ1v) is 6.73. The zero-order chi connectivity index (χ0) is 14.8. The molecule has 2 rings (SSSR count). The predicted molar refractivity (Wildman–Crippen MR) is 70.3 cm³/mol. The summed E-state index contributed by atoms with van der Waals surface area (Å²) < 4.78 is 10.7. The number of morpholine rings is 1. The second-order valence-corrected chi connectivity index (χ2v) is 6.09. The second kappa shape index (κ2) is 5.88. The number of aliphatic carboxylic acids is 1. The lowest BCUT2D eigenvalue weighted by Gasteiger charge is -2.31. The molecule has 1 atom stereocenters. The third-order valence-electron chi connectivity index (χ3n) is 3.10. The molecule has 0 aliphatic carbocycles. The Labute approximate surface area is 117 Å². The van der Waals surface area contributed by atoms with Gasteiger partial charge in [0.15, 0.2) is 5.82 Å². The van der Waals surface area contributed by atoms with E-state index in [2.05, 4.69) is 15.0 Å². The van der Waals surface area contributed by atoms with Crippen LogP contribution >= 0.6 is 0 Å². The van der Waals surface area contributed by atoms with E-state index in [1.54, 1.807) is 0 Å². The van der Waals surface area contributed by atoms with Gasteiger partial charge in [0, 0.05) is 18.5 Å². The summed E-state index contributed by atoms with van der Waals surface area (Å²) in [6.45, 7) is 8.45. The van der Waals surface area contributed by atoms with Gasteiger partial charge in [0.2, 0.25) is 5.89 Å². The third kappa shape index (κ3) is 4.01. The Morgan fingerprint density at radius 1 is 1.50 bits per heavy atom. The highest BCUT2D eigenvalue weighted by molar-refractivity contribution is 5.67. The molecule has 0 saturated carbocycles. The Bertz CT molecular complexity index is 466. The normalized spacial score (nSPS) is 21.1. The van der Waals surface area contributed by atoms with Crippen molar-refractivity contribution in [3.63, 3.8) is 0 Å². The molecule has 7 heteroatoms. The van der Waals surface area contributed by atoms with Crippen LogP contribution in [-0.2, 0) is 21.5 Å². The molecule has 1 aliphatic heterocycles. The zero-order valence-corrected chi connectivity index (χ0v) is 12.1. The monoisotopic (exact) mass is 283 g/mol. The van der Waals surface area contributed by atoms with E-state index in [-0.39, 0.29) is 17.9 Å². The fourth-order valence-corrected chi connectivity index (χ4v) is 2.07. The van der Waals surface area contributed by atoms with E-state index in [0.29, 0.717) is 31.4 Å². The molecule has 0 amide bonds. The van der Waals surface area contributed by atoms with Crippen LogP contribution in [0.25, 0.3) is 0 Å². The minimum Gasteiger partial charge on any atom is -0.481 e. The van der Waals surface area contributed by atoms with Crippen molar-refractivity contribution in [3.8, 4) is 0 Å². The largest absolute Gasteiger partial charge is 0.481 e. The van der Waals surface area contributed by atoms with E-state index in [9.17, 15) is 4.79 Å². The standard InChI is InChI=1S/C13H21N3O4/c1-13(2,3)12-14-10(15-20-12)8-16-4-5-19-9(7-16)6-11(17)18/h9H,4-8H2,1-3H3,(H,17,18). The lowest BCUT2D eigenvalue weighted by Crippen LogP contribution is -2.42. The lowest BCUT2D eigenvalue weighted by atomic mass is 9.97. The van der Waals surface area contributed by atoms with Crippen molar-refractivity contribution in [2.75, 3.05) is 19.7 Å². The molecule has 20 heavy (non-hydrogen) atoms. The molecule has 0 aromatic carbocycles. The van der Waals surface area contributed by atoms with Gasteiger partial charge in [-0.3, -0.25) is 9.69 Å². The lowest BCUT2D eigenvalue weighted by molar-refractivity contribution is -0.142. The fraction of sp³-hybridized carbons (Fsp3) is 0.769. The van der Waals surface area contributed by atoms with Crippen molar-refractivity contribution in [2.45, 2.75) is 45.3 Å². The van der Waals surface area contributed by atoms with Crippen LogP contribution in [0.1, 0.15) is 38.9 Å². The Hall–Kier alpha value is -1.47. The molecule has 1 aromatic heterocycles. The van der Waals surface area contributed by atoms with Gasteiger partial charge in [-0.05, 0) is 0 Å². The zero-order valence-electron chi connectivity index (χ0n) is 12.1. The fourth-order valence-electron chi connectivity index (χ4n) is 2.07. The summed E-state index contributed by atoms with van der Waals surface area (Å²) in [6, 6.07) is 0. The van der Waals surface area contributed by atoms with Crippen molar-refractivity contribution in [1.29, 1.82) is 0 Å². The van der Waals surface area contributed by atoms with Gasteiger partial charge in [-0.25, -0.2) is 0 Å². The minimum atomic E-state index is -0.841. The van der Waals surface area contributed by atoms with Crippen molar-refractivity contribution >= 4 is 5.97 Å². The van der Waals surface area contributed by atoms with Gasteiger partial charge in [0.1, 0.15) is 0 Å². The van der Waals surface area contributed by atoms with Crippen molar-refractivity contribution in [1.82, 2.24) is 15.0 Å². The molecule has 1 fully saturated rings. The molecule has 1 saturated heterocycles. The highest BCUT2D eigenvalue weighted by Gasteiger charge is 2.26. The van der Waals surface area contributed by atoms with Gasteiger partial charge in [0.05, 0.1) is 25.7 Å². The number of carbonyl (C=O) groups is 1. The number of rotatable bonds is 4. The number of nitrogens with zero attached hydrogens (tertiary/aromatic N) is 3. The highest BCUT2D eigenvalue weighted by Crippen LogP contribution is 2.20. The van der Waals surface area contributed by atoms with Crippen LogP contribution in [0.15, 0.2) is 4.52 Å². The smallest absolute Gasteiger partial charge is 0.306 e. The first-order valence-electron chi connectivity index (χ1n) is 6.73. The summed E-state index contributed by atoms with van der Waals surface area (Å²) >= 11 is 0. The van der Waals surface area contributed by atoms with Crippen LogP contribution in [0, 0.1) is 0 Å². The van der Waals surface area contributed by atoms with E-state index >= 15 is 0 Å². The van der Waals surface area contributed by atoms with E-state index in [0.717, 1.165) is 6.54 Å². The molecule has 2 heterocycles. The molecule has 112 valence electrons. The summed E-state index contributed by atoms with van der Waals surface area (Å²) in [4.78, 5) is 17.2. The maximum absolute atomic E-state index is 10.7. The van der Waals surface area contributed by atoms with Gasteiger partial charge in [0.25, 0.3) is 0 Å². The first-order chi connectivity index (χ1) is 9.34. The van der Waals surface area contributed by atoms with Gasteiger partial charge >= 0.3 is 5.97 Å². The minimum absolute atomic E-state index is 0.0238. The molecular weight excluding hydrogens is 262 g/mol. The summed E-state index contributed by atoms with van der Waals surface area (Å²) in [5, 5.41) is 12.8. The van der Waals surface area contributed by atoms with Crippen LogP contribution in [0.3, 0.4) is 0 Å². The van der Waals surface area contributed by atoms with Crippen LogP contribution in [0.4, 0.5) is 0 Å². The molecule has 1 aromatic rings. The number of ether oxygens (including phenoxy) is 1. The summed E-state index contributed by atoms with van der Waals surface area (Å²) in [7, 11) is 0. The molecule has 0 spiro atoms. The maximum Gasteiger partial charge on any atom is 0.306 e. The van der Waals surface area contributed by atoms with Crippen LogP contribution in [0.2, 0.25) is 0 Å². The van der Waals surface area contributed by atoms with Gasteiger partial charge in [-0.1, -0.05) is 25.9 Å². The van der Waals surface area contributed by atoms with E-state index in [1.807, 2.05) is 20.8 Å². The Morgan fingerprint density at radius 2 is 2.25 bits per heavy atom. The molecular formula is C13H21N3O4. The van der Waals surface area contributed by atoms with E-state index < -0.39 is 5.97 Å². The molecule has 1 N–H and O–H groups in total. The van der Waals surface area contributed by atoms with Gasteiger partial charge < -0.3 is 14.4 Å². The summed E-state index contributed by atoms with van der Waals surface area (Å²) in [6.07, 6.45) is -0.245.